The fourth-order valence-electron chi connectivity index (χ4n) is 0.802. The van der Waals surface area contributed by atoms with E-state index < -0.39 is 6.43 Å². The van der Waals surface area contributed by atoms with Crippen LogP contribution in [0.4, 0.5) is 8.78 Å². The minimum atomic E-state index is -2.52. The van der Waals surface area contributed by atoms with E-state index in [9.17, 15) is 8.78 Å². The zero-order valence-corrected chi connectivity index (χ0v) is 8.26. The summed E-state index contributed by atoms with van der Waals surface area (Å²) in [5, 5.41) is 0. The summed E-state index contributed by atoms with van der Waals surface area (Å²) in [4.78, 5) is 3.66. The Kier molecular flexibility index (Phi) is 3.33. The van der Waals surface area contributed by atoms with Crippen LogP contribution in [0.2, 0.25) is 0 Å². The van der Waals surface area contributed by atoms with Crippen LogP contribution >= 0.6 is 22.6 Å². The average Bonchev–Trinajstić information content (AvgIpc) is 2.03. The average molecular weight is 284 g/mol. The molecule has 0 bridgehead atoms. The highest BCUT2D eigenvalue weighted by molar-refractivity contribution is 14.1. The number of hydrogen-bond acceptors (Lipinski definition) is 2. The molecule has 0 fully saturated rings. The number of halogens is 3. The van der Waals surface area contributed by atoms with E-state index in [1.165, 1.54) is 6.07 Å². The normalized spacial score (nSPS) is 10.8. The second-order valence-electron chi connectivity index (χ2n) is 2.23. The fourth-order valence-corrected chi connectivity index (χ4v) is 1.48. The van der Waals surface area contributed by atoms with Crippen LogP contribution in [0.25, 0.3) is 0 Å². The molecule has 0 aromatic carbocycles. The Balaban J connectivity index is 3.06. The van der Waals surface area contributed by atoms with E-state index in [-0.39, 0.29) is 12.2 Å². The molecule has 0 radical (unpaired) electrons. The standard InChI is InChI=1S/C7H7F2IN2/c8-7(9)5-1-4(3-11)2-6(10)12-5/h1-2,7H,3,11H2. The van der Waals surface area contributed by atoms with Crippen LogP contribution < -0.4 is 5.73 Å². The lowest BCUT2D eigenvalue weighted by Crippen LogP contribution is -2.01. The quantitative estimate of drug-likeness (QED) is 0.667. The Morgan fingerprint density at radius 1 is 1.50 bits per heavy atom. The summed E-state index contributed by atoms with van der Waals surface area (Å²) in [6.45, 7) is 0.262. The lowest BCUT2D eigenvalue weighted by molar-refractivity contribution is 0.145. The van der Waals surface area contributed by atoms with E-state index >= 15 is 0 Å². The molecule has 0 spiro atoms. The molecular formula is C7H7F2IN2. The maximum absolute atomic E-state index is 12.2. The number of hydrogen-bond donors (Lipinski definition) is 1. The van der Waals surface area contributed by atoms with Gasteiger partial charge in [-0.1, -0.05) is 0 Å². The van der Waals surface area contributed by atoms with Crippen molar-refractivity contribution in [1.29, 1.82) is 0 Å². The first-order valence-electron chi connectivity index (χ1n) is 3.28. The van der Waals surface area contributed by atoms with Gasteiger partial charge in [0.1, 0.15) is 9.39 Å². The minimum Gasteiger partial charge on any atom is -0.326 e. The highest BCUT2D eigenvalue weighted by Crippen LogP contribution is 2.18. The van der Waals surface area contributed by atoms with Crippen molar-refractivity contribution in [2.45, 2.75) is 13.0 Å². The maximum atomic E-state index is 12.2. The highest BCUT2D eigenvalue weighted by Gasteiger charge is 2.09. The van der Waals surface area contributed by atoms with Gasteiger partial charge in [0.25, 0.3) is 6.43 Å². The van der Waals surface area contributed by atoms with Gasteiger partial charge in [-0.2, -0.15) is 0 Å². The Hall–Kier alpha value is -0.300. The number of nitrogens with zero attached hydrogens (tertiary/aromatic N) is 1. The van der Waals surface area contributed by atoms with E-state index in [0.29, 0.717) is 9.26 Å². The molecule has 0 aliphatic rings. The van der Waals surface area contributed by atoms with Gasteiger partial charge in [-0.25, -0.2) is 13.8 Å². The third-order valence-corrected chi connectivity index (χ3v) is 1.89. The molecule has 0 unspecified atom stereocenters. The third kappa shape index (κ3) is 2.34. The monoisotopic (exact) mass is 284 g/mol. The van der Waals surface area contributed by atoms with Crippen LogP contribution in [-0.2, 0) is 6.54 Å². The summed E-state index contributed by atoms with van der Waals surface area (Å²) in [5.41, 5.74) is 5.79. The van der Waals surface area contributed by atoms with Gasteiger partial charge < -0.3 is 5.73 Å². The van der Waals surface area contributed by atoms with E-state index in [1.807, 2.05) is 22.6 Å². The van der Waals surface area contributed by atoms with Crippen molar-refractivity contribution in [1.82, 2.24) is 4.98 Å². The molecule has 0 atom stereocenters. The molecule has 0 saturated carbocycles. The SMILES string of the molecule is NCc1cc(I)nc(C(F)F)c1. The summed E-state index contributed by atoms with van der Waals surface area (Å²) < 4.78 is 24.9. The number of pyridine rings is 1. The topological polar surface area (TPSA) is 38.9 Å². The van der Waals surface area contributed by atoms with Gasteiger partial charge in [0.15, 0.2) is 0 Å². The molecule has 0 amide bonds. The first kappa shape index (κ1) is 9.79. The first-order valence-corrected chi connectivity index (χ1v) is 4.36. The van der Waals surface area contributed by atoms with Crippen LogP contribution in [0.15, 0.2) is 12.1 Å². The molecule has 2 N–H and O–H groups in total. The van der Waals surface area contributed by atoms with Crippen LogP contribution in [-0.4, -0.2) is 4.98 Å². The first-order chi connectivity index (χ1) is 5.63. The predicted octanol–water partition coefficient (Wildman–Crippen LogP) is 2.08. The smallest absolute Gasteiger partial charge is 0.280 e. The molecule has 0 saturated heterocycles. The highest BCUT2D eigenvalue weighted by atomic mass is 127. The van der Waals surface area contributed by atoms with Gasteiger partial charge in [0, 0.05) is 6.54 Å². The number of rotatable bonds is 2. The van der Waals surface area contributed by atoms with Crippen molar-refractivity contribution in [2.75, 3.05) is 0 Å². The molecule has 1 aromatic heterocycles. The molecule has 2 nitrogen and oxygen atoms in total. The second kappa shape index (κ2) is 4.08. The summed E-state index contributed by atoms with van der Waals surface area (Å²) in [7, 11) is 0. The predicted molar refractivity (Wildman–Crippen MR) is 49.8 cm³/mol. The van der Waals surface area contributed by atoms with Gasteiger partial charge in [-0.15, -0.1) is 0 Å². The van der Waals surface area contributed by atoms with Crippen LogP contribution in [0, 0.1) is 3.70 Å². The molecule has 12 heavy (non-hydrogen) atoms. The van der Waals surface area contributed by atoms with Gasteiger partial charge in [-0.3, -0.25) is 0 Å². The largest absolute Gasteiger partial charge is 0.326 e. The van der Waals surface area contributed by atoms with E-state index in [0.717, 1.165) is 0 Å². The summed E-state index contributed by atoms with van der Waals surface area (Å²) in [5.74, 6) is 0. The molecular weight excluding hydrogens is 277 g/mol. The van der Waals surface area contributed by atoms with Gasteiger partial charge in [0.2, 0.25) is 0 Å². The lowest BCUT2D eigenvalue weighted by atomic mass is 10.2. The Morgan fingerprint density at radius 3 is 2.67 bits per heavy atom. The van der Waals surface area contributed by atoms with Crippen LogP contribution in [0.5, 0.6) is 0 Å². The van der Waals surface area contributed by atoms with Crippen molar-refractivity contribution in [3.63, 3.8) is 0 Å². The Labute approximate surface area is 82.3 Å². The van der Waals surface area contributed by atoms with E-state index in [1.54, 1.807) is 6.07 Å². The van der Waals surface area contributed by atoms with Crippen molar-refractivity contribution in [3.8, 4) is 0 Å². The molecule has 1 heterocycles. The lowest BCUT2D eigenvalue weighted by Gasteiger charge is -2.02. The van der Waals surface area contributed by atoms with Gasteiger partial charge in [0.05, 0.1) is 0 Å². The Morgan fingerprint density at radius 2 is 2.17 bits per heavy atom. The molecule has 66 valence electrons. The molecule has 0 aliphatic carbocycles. The van der Waals surface area contributed by atoms with Crippen LogP contribution in [0.1, 0.15) is 17.7 Å². The van der Waals surface area contributed by atoms with Crippen molar-refractivity contribution >= 4 is 22.6 Å². The summed E-state index contributed by atoms with van der Waals surface area (Å²) >= 11 is 1.89. The van der Waals surface area contributed by atoms with Crippen molar-refractivity contribution in [3.05, 3.63) is 27.1 Å². The van der Waals surface area contributed by atoms with E-state index in [2.05, 4.69) is 4.98 Å². The van der Waals surface area contributed by atoms with Gasteiger partial charge >= 0.3 is 0 Å². The Bertz CT molecular complexity index is 278. The second-order valence-corrected chi connectivity index (χ2v) is 3.33. The van der Waals surface area contributed by atoms with Gasteiger partial charge in [-0.05, 0) is 40.3 Å². The third-order valence-electron chi connectivity index (χ3n) is 1.33. The number of nitrogens with two attached hydrogens (primary N) is 1. The molecule has 0 aliphatic heterocycles. The summed E-state index contributed by atoms with van der Waals surface area (Å²) in [6.07, 6.45) is -2.52. The fraction of sp³-hybridized carbons (Fsp3) is 0.286. The number of alkyl halides is 2. The van der Waals surface area contributed by atoms with Crippen molar-refractivity contribution < 1.29 is 8.78 Å². The zero-order chi connectivity index (χ0) is 9.14. The summed E-state index contributed by atoms with van der Waals surface area (Å²) in [6, 6.07) is 3.01. The van der Waals surface area contributed by atoms with E-state index in [4.69, 9.17) is 5.73 Å². The maximum Gasteiger partial charge on any atom is 0.280 e. The van der Waals surface area contributed by atoms with Crippen LogP contribution in [0.3, 0.4) is 0 Å². The molecule has 5 heteroatoms. The van der Waals surface area contributed by atoms with Crippen molar-refractivity contribution in [2.24, 2.45) is 5.73 Å². The zero-order valence-electron chi connectivity index (χ0n) is 6.10. The molecule has 1 rings (SSSR count). The molecule has 1 aromatic rings. The minimum absolute atomic E-state index is 0.206. The number of aromatic nitrogens is 1.